The molecule has 6 nitrogen and oxygen atoms in total. The molecule has 3 N–H and O–H groups in total. The van der Waals surface area contributed by atoms with Gasteiger partial charge in [-0.05, 0) is 17.7 Å². The summed E-state index contributed by atoms with van der Waals surface area (Å²) in [4.78, 5) is 32.9. The molecule has 0 aliphatic carbocycles. The van der Waals surface area contributed by atoms with Crippen molar-refractivity contribution in [3.63, 3.8) is 0 Å². The zero-order valence-electron chi connectivity index (χ0n) is 10.9. The third kappa shape index (κ3) is 7.01. The van der Waals surface area contributed by atoms with Crippen LogP contribution < -0.4 is 5.32 Å². The van der Waals surface area contributed by atoms with E-state index in [0.29, 0.717) is 10.8 Å². The fourth-order valence-corrected chi connectivity index (χ4v) is 2.50. The summed E-state index contributed by atoms with van der Waals surface area (Å²) in [6.45, 7) is 0. The van der Waals surface area contributed by atoms with Crippen LogP contribution in [0.15, 0.2) is 24.3 Å². The number of hydrogen-bond acceptors (Lipinski definition) is 4. The van der Waals surface area contributed by atoms with Crippen molar-refractivity contribution >= 4 is 41.2 Å². The average molecular weight is 332 g/mol. The maximum Gasteiger partial charge on any atom is 0.326 e. The van der Waals surface area contributed by atoms with Gasteiger partial charge in [0.05, 0.1) is 12.2 Å². The summed E-state index contributed by atoms with van der Waals surface area (Å²) in [7, 11) is 0. The van der Waals surface area contributed by atoms with E-state index in [4.69, 9.17) is 21.8 Å². The lowest BCUT2D eigenvalue weighted by Gasteiger charge is -2.12. The van der Waals surface area contributed by atoms with Crippen LogP contribution in [-0.4, -0.2) is 39.9 Å². The highest BCUT2D eigenvalue weighted by atomic mass is 35.5. The molecule has 0 spiro atoms. The Balaban J connectivity index is 2.39. The van der Waals surface area contributed by atoms with Crippen LogP contribution in [0.5, 0.6) is 0 Å². The number of halogens is 1. The lowest BCUT2D eigenvalue weighted by Crippen LogP contribution is -2.43. The van der Waals surface area contributed by atoms with Crippen molar-refractivity contribution in [2.75, 3.05) is 5.75 Å². The third-order valence-electron chi connectivity index (χ3n) is 2.40. The van der Waals surface area contributed by atoms with Crippen LogP contribution in [0.4, 0.5) is 0 Å². The van der Waals surface area contributed by atoms with Gasteiger partial charge in [0.15, 0.2) is 0 Å². The molecule has 1 aromatic rings. The summed E-state index contributed by atoms with van der Waals surface area (Å²) in [6, 6.07) is 5.76. The van der Waals surface area contributed by atoms with Gasteiger partial charge in [-0.2, -0.15) is 0 Å². The van der Waals surface area contributed by atoms with Gasteiger partial charge >= 0.3 is 11.9 Å². The average Bonchev–Trinajstić information content (AvgIpc) is 2.37. The molecule has 21 heavy (non-hydrogen) atoms. The fourth-order valence-electron chi connectivity index (χ4n) is 1.50. The summed E-state index contributed by atoms with van der Waals surface area (Å²) < 4.78 is 0. The van der Waals surface area contributed by atoms with Crippen molar-refractivity contribution in [1.29, 1.82) is 0 Å². The first-order valence-electron chi connectivity index (χ1n) is 5.94. The van der Waals surface area contributed by atoms with Gasteiger partial charge in [-0.3, -0.25) is 9.59 Å². The molecule has 0 aromatic heterocycles. The number of carbonyl (C=O) groups is 3. The van der Waals surface area contributed by atoms with Crippen LogP contribution in [0, 0.1) is 0 Å². The Hall–Kier alpha value is -1.73. The zero-order valence-corrected chi connectivity index (χ0v) is 12.5. The van der Waals surface area contributed by atoms with Crippen molar-refractivity contribution in [3.05, 3.63) is 34.9 Å². The van der Waals surface area contributed by atoms with Crippen molar-refractivity contribution in [2.24, 2.45) is 0 Å². The minimum Gasteiger partial charge on any atom is -0.481 e. The predicted molar refractivity (Wildman–Crippen MR) is 79.4 cm³/mol. The van der Waals surface area contributed by atoms with Gasteiger partial charge in [-0.15, -0.1) is 11.8 Å². The molecule has 0 aliphatic rings. The molecular formula is C13H14ClNO5S. The number of hydrogen-bond donors (Lipinski definition) is 3. The van der Waals surface area contributed by atoms with Gasteiger partial charge in [0.1, 0.15) is 6.04 Å². The molecule has 0 bridgehead atoms. The molecule has 0 heterocycles. The Bertz CT molecular complexity index is 537. The number of carboxylic acids is 2. The first-order chi connectivity index (χ1) is 9.88. The van der Waals surface area contributed by atoms with Crippen LogP contribution in [0.1, 0.15) is 12.0 Å². The SMILES string of the molecule is O=C(O)CC(NC(=O)CSCc1cccc(Cl)c1)C(=O)O. The Morgan fingerprint density at radius 2 is 2.00 bits per heavy atom. The summed E-state index contributed by atoms with van der Waals surface area (Å²) in [6.07, 6.45) is -0.653. The zero-order chi connectivity index (χ0) is 15.8. The molecule has 0 radical (unpaired) electrons. The number of nitrogens with one attached hydrogen (secondary N) is 1. The number of aliphatic carboxylic acids is 2. The summed E-state index contributed by atoms with van der Waals surface area (Å²) in [5.74, 6) is -2.59. The second kappa shape index (κ2) is 8.53. The molecular weight excluding hydrogens is 318 g/mol. The van der Waals surface area contributed by atoms with Gasteiger partial charge < -0.3 is 15.5 Å². The molecule has 0 fully saturated rings. The normalized spacial score (nSPS) is 11.7. The molecule has 1 rings (SSSR count). The Morgan fingerprint density at radius 1 is 1.29 bits per heavy atom. The van der Waals surface area contributed by atoms with Crippen LogP contribution in [0.2, 0.25) is 5.02 Å². The van der Waals surface area contributed by atoms with E-state index in [1.165, 1.54) is 11.8 Å². The van der Waals surface area contributed by atoms with Gasteiger partial charge in [0, 0.05) is 10.8 Å². The second-order valence-corrected chi connectivity index (χ2v) is 5.60. The smallest absolute Gasteiger partial charge is 0.326 e. The summed E-state index contributed by atoms with van der Waals surface area (Å²) in [5, 5.41) is 20.2. The van der Waals surface area contributed by atoms with E-state index >= 15 is 0 Å². The maximum atomic E-state index is 11.6. The minimum absolute atomic E-state index is 0.0376. The molecule has 1 aromatic carbocycles. The van der Waals surface area contributed by atoms with E-state index in [-0.39, 0.29) is 5.75 Å². The number of thioether (sulfide) groups is 1. The maximum absolute atomic E-state index is 11.6. The number of carbonyl (C=O) groups excluding carboxylic acids is 1. The van der Waals surface area contributed by atoms with Crippen LogP contribution in [0.3, 0.4) is 0 Å². The molecule has 1 amide bonds. The van der Waals surface area contributed by atoms with Gasteiger partial charge in [0.25, 0.3) is 0 Å². The van der Waals surface area contributed by atoms with Crippen molar-refractivity contribution < 1.29 is 24.6 Å². The lowest BCUT2D eigenvalue weighted by atomic mass is 10.2. The standard InChI is InChI=1S/C13H14ClNO5S/c14-9-3-1-2-8(4-9)6-21-7-11(16)15-10(13(19)20)5-12(17)18/h1-4,10H,5-7H2,(H,15,16)(H,17,18)(H,19,20). The first kappa shape index (κ1) is 17.3. The van der Waals surface area contributed by atoms with Crippen LogP contribution in [-0.2, 0) is 20.1 Å². The molecule has 114 valence electrons. The monoisotopic (exact) mass is 331 g/mol. The Labute approximate surface area is 130 Å². The largest absolute Gasteiger partial charge is 0.481 e. The van der Waals surface area contributed by atoms with E-state index in [9.17, 15) is 14.4 Å². The van der Waals surface area contributed by atoms with Crippen LogP contribution >= 0.6 is 23.4 Å². The minimum atomic E-state index is -1.42. The number of carboxylic acid groups (broad SMARTS) is 2. The van der Waals surface area contributed by atoms with E-state index in [1.807, 2.05) is 6.07 Å². The highest BCUT2D eigenvalue weighted by Gasteiger charge is 2.22. The van der Waals surface area contributed by atoms with E-state index in [2.05, 4.69) is 5.32 Å². The van der Waals surface area contributed by atoms with E-state index < -0.39 is 30.3 Å². The van der Waals surface area contributed by atoms with Gasteiger partial charge in [0.2, 0.25) is 5.91 Å². The highest BCUT2D eigenvalue weighted by Crippen LogP contribution is 2.16. The summed E-state index contributed by atoms with van der Waals surface area (Å²) in [5.41, 5.74) is 0.945. The van der Waals surface area contributed by atoms with E-state index in [1.54, 1.807) is 18.2 Å². The molecule has 8 heteroatoms. The third-order valence-corrected chi connectivity index (χ3v) is 3.64. The number of benzene rings is 1. The molecule has 0 saturated heterocycles. The van der Waals surface area contributed by atoms with Gasteiger partial charge in [-0.1, -0.05) is 23.7 Å². The highest BCUT2D eigenvalue weighted by molar-refractivity contribution is 7.99. The second-order valence-electron chi connectivity index (χ2n) is 4.18. The fraction of sp³-hybridized carbons (Fsp3) is 0.308. The molecule has 1 unspecified atom stereocenters. The molecule has 0 aliphatic heterocycles. The van der Waals surface area contributed by atoms with Crippen molar-refractivity contribution in [3.8, 4) is 0 Å². The van der Waals surface area contributed by atoms with Crippen molar-refractivity contribution in [2.45, 2.75) is 18.2 Å². The number of rotatable bonds is 8. The topological polar surface area (TPSA) is 104 Å². The van der Waals surface area contributed by atoms with E-state index in [0.717, 1.165) is 5.56 Å². The lowest BCUT2D eigenvalue weighted by molar-refractivity contribution is -0.147. The van der Waals surface area contributed by atoms with Crippen molar-refractivity contribution in [1.82, 2.24) is 5.32 Å². The first-order valence-corrected chi connectivity index (χ1v) is 7.48. The number of amides is 1. The van der Waals surface area contributed by atoms with Gasteiger partial charge in [-0.25, -0.2) is 4.79 Å². The molecule has 1 atom stereocenters. The predicted octanol–water partition coefficient (Wildman–Crippen LogP) is 1.62. The molecule has 0 saturated carbocycles. The Kier molecular flexibility index (Phi) is 7.04. The van der Waals surface area contributed by atoms with Crippen LogP contribution in [0.25, 0.3) is 0 Å². The summed E-state index contributed by atoms with van der Waals surface area (Å²) >= 11 is 7.11. The Morgan fingerprint density at radius 3 is 2.57 bits per heavy atom. The quantitative estimate of drug-likeness (QED) is 0.668.